The van der Waals surface area contributed by atoms with Crippen LogP contribution in [0.5, 0.6) is 11.5 Å². The number of nitrogens with zero attached hydrogens (tertiary/aromatic N) is 4. The Bertz CT molecular complexity index is 1070. The number of hydrogen-bond donors (Lipinski definition) is 2. The second-order valence-electron chi connectivity index (χ2n) is 7.81. The number of nitrogens with one attached hydrogen (secondary N) is 1. The van der Waals surface area contributed by atoms with Crippen molar-refractivity contribution < 1.29 is 9.47 Å². The van der Waals surface area contributed by atoms with Crippen molar-refractivity contribution in [1.29, 1.82) is 0 Å². The van der Waals surface area contributed by atoms with Gasteiger partial charge in [-0.2, -0.15) is 15.0 Å². The molecule has 0 aliphatic carbocycles. The maximum absolute atomic E-state index is 6.03. The lowest BCUT2D eigenvalue weighted by atomic mass is 10.0. The quantitative estimate of drug-likeness (QED) is 0.546. The summed E-state index contributed by atoms with van der Waals surface area (Å²) in [5.74, 6) is 2.99. The lowest BCUT2D eigenvalue weighted by molar-refractivity contribution is 0.236. The third kappa shape index (κ3) is 4.75. The van der Waals surface area contributed by atoms with Crippen LogP contribution in [0, 0.1) is 0 Å². The highest BCUT2D eigenvalue weighted by Crippen LogP contribution is 2.39. The first-order chi connectivity index (χ1) is 15.6. The molecular weight excluding hydrogens is 404 g/mol. The molecule has 1 aromatic heterocycles. The highest BCUT2D eigenvalue weighted by Gasteiger charge is 2.29. The number of likely N-dealkylation sites (tertiary alicyclic amines) is 1. The summed E-state index contributed by atoms with van der Waals surface area (Å²) in [6, 6.07) is 14.2. The fourth-order valence-electron chi connectivity index (χ4n) is 4.28. The van der Waals surface area contributed by atoms with Gasteiger partial charge >= 0.3 is 0 Å². The summed E-state index contributed by atoms with van der Waals surface area (Å²) >= 11 is 0. The van der Waals surface area contributed by atoms with Gasteiger partial charge in [0.2, 0.25) is 11.9 Å². The largest absolute Gasteiger partial charge is 0.497 e. The molecule has 1 aliphatic rings. The molecule has 2 heterocycles. The van der Waals surface area contributed by atoms with Crippen molar-refractivity contribution >= 4 is 17.6 Å². The third-order valence-corrected chi connectivity index (χ3v) is 5.85. The van der Waals surface area contributed by atoms with Crippen molar-refractivity contribution in [2.45, 2.75) is 38.8 Å². The van der Waals surface area contributed by atoms with E-state index in [1.54, 1.807) is 14.2 Å². The molecule has 0 bridgehead atoms. The second kappa shape index (κ2) is 9.82. The molecule has 3 aromatic rings. The number of benzene rings is 2. The minimum atomic E-state index is 0.190. The Balaban J connectivity index is 1.57. The second-order valence-corrected chi connectivity index (χ2v) is 7.81. The minimum absolute atomic E-state index is 0.190. The summed E-state index contributed by atoms with van der Waals surface area (Å²) in [6.45, 7) is 3.63. The molecule has 1 aliphatic heterocycles. The van der Waals surface area contributed by atoms with Crippen molar-refractivity contribution in [2.75, 3.05) is 31.8 Å². The Labute approximate surface area is 188 Å². The van der Waals surface area contributed by atoms with E-state index in [1.165, 1.54) is 5.56 Å². The Kier molecular flexibility index (Phi) is 6.70. The maximum Gasteiger partial charge on any atom is 0.232 e. The van der Waals surface area contributed by atoms with Crippen molar-refractivity contribution in [2.24, 2.45) is 0 Å². The van der Waals surface area contributed by atoms with Crippen LogP contribution in [0.4, 0.5) is 17.6 Å². The highest BCUT2D eigenvalue weighted by atomic mass is 16.5. The molecular formula is C24H30N6O2. The van der Waals surface area contributed by atoms with Crippen molar-refractivity contribution in [3.8, 4) is 11.5 Å². The zero-order valence-electron chi connectivity index (χ0n) is 18.8. The number of anilines is 3. The fourth-order valence-corrected chi connectivity index (χ4v) is 4.28. The SMILES string of the molecule is CCc1ccccc1Nc1nc(N)nc(CN2CCCC2c2cc(OC)ccc2OC)n1. The summed E-state index contributed by atoms with van der Waals surface area (Å²) in [4.78, 5) is 15.7. The van der Waals surface area contributed by atoms with Crippen molar-refractivity contribution in [3.63, 3.8) is 0 Å². The average Bonchev–Trinajstić information content (AvgIpc) is 3.26. The van der Waals surface area contributed by atoms with E-state index < -0.39 is 0 Å². The topological polar surface area (TPSA) is 98.4 Å². The van der Waals surface area contributed by atoms with Crippen LogP contribution in [-0.2, 0) is 13.0 Å². The van der Waals surface area contributed by atoms with Gasteiger partial charge in [0.05, 0.1) is 20.8 Å². The fraction of sp³-hybridized carbons (Fsp3) is 0.375. The Hall–Kier alpha value is -3.39. The summed E-state index contributed by atoms with van der Waals surface area (Å²) in [6.07, 6.45) is 3.02. The van der Waals surface area contributed by atoms with Crippen LogP contribution < -0.4 is 20.5 Å². The first-order valence-corrected chi connectivity index (χ1v) is 10.9. The van der Waals surface area contributed by atoms with E-state index in [9.17, 15) is 0 Å². The van der Waals surface area contributed by atoms with Gasteiger partial charge in [0.25, 0.3) is 0 Å². The molecule has 0 saturated carbocycles. The van der Waals surface area contributed by atoms with Gasteiger partial charge in [-0.05, 0) is 55.6 Å². The average molecular weight is 435 g/mol. The van der Waals surface area contributed by atoms with Gasteiger partial charge in [0.15, 0.2) is 0 Å². The highest BCUT2D eigenvalue weighted by molar-refractivity contribution is 5.58. The molecule has 32 heavy (non-hydrogen) atoms. The molecule has 8 heteroatoms. The standard InChI is InChI=1S/C24H30N6O2/c1-4-16-8-5-6-9-19(16)26-24-28-22(27-23(25)29-24)15-30-13-7-10-20(30)18-14-17(31-2)11-12-21(18)32-3/h5-6,8-9,11-12,14,20H,4,7,10,13,15H2,1-3H3,(H3,25,26,27,28,29). The van der Waals surface area contributed by atoms with Gasteiger partial charge in [0, 0.05) is 17.3 Å². The molecule has 2 aromatic carbocycles. The summed E-state index contributed by atoms with van der Waals surface area (Å²) in [5.41, 5.74) is 9.31. The molecule has 0 spiro atoms. The van der Waals surface area contributed by atoms with Crippen LogP contribution in [0.25, 0.3) is 0 Å². The molecule has 0 radical (unpaired) electrons. The number of nitrogen functional groups attached to an aromatic ring is 1. The number of ether oxygens (including phenoxy) is 2. The van der Waals surface area contributed by atoms with E-state index in [2.05, 4.69) is 44.2 Å². The lowest BCUT2D eigenvalue weighted by Crippen LogP contribution is -2.25. The molecule has 8 nitrogen and oxygen atoms in total. The van der Waals surface area contributed by atoms with Crippen LogP contribution in [0.3, 0.4) is 0 Å². The maximum atomic E-state index is 6.03. The number of methoxy groups -OCH3 is 2. The number of hydrogen-bond acceptors (Lipinski definition) is 8. The number of rotatable bonds is 8. The minimum Gasteiger partial charge on any atom is -0.497 e. The molecule has 0 amide bonds. The van der Waals surface area contributed by atoms with E-state index in [0.29, 0.717) is 18.3 Å². The third-order valence-electron chi connectivity index (χ3n) is 5.85. The van der Waals surface area contributed by atoms with Gasteiger partial charge in [0.1, 0.15) is 17.3 Å². The van der Waals surface area contributed by atoms with Gasteiger partial charge < -0.3 is 20.5 Å². The molecule has 1 unspecified atom stereocenters. The molecule has 1 fully saturated rings. The van der Waals surface area contributed by atoms with Gasteiger partial charge in [-0.3, -0.25) is 4.90 Å². The van der Waals surface area contributed by atoms with Crippen LogP contribution in [-0.4, -0.2) is 40.6 Å². The Morgan fingerprint density at radius 1 is 1.09 bits per heavy atom. The lowest BCUT2D eigenvalue weighted by Gasteiger charge is -2.26. The van der Waals surface area contributed by atoms with Crippen LogP contribution in [0.1, 0.15) is 42.8 Å². The summed E-state index contributed by atoms with van der Waals surface area (Å²) in [7, 11) is 3.38. The first kappa shape index (κ1) is 21.8. The summed E-state index contributed by atoms with van der Waals surface area (Å²) < 4.78 is 11.1. The van der Waals surface area contributed by atoms with Crippen molar-refractivity contribution in [3.05, 3.63) is 59.4 Å². The Morgan fingerprint density at radius 2 is 1.94 bits per heavy atom. The van der Waals surface area contributed by atoms with E-state index >= 15 is 0 Å². The molecule has 1 atom stereocenters. The Morgan fingerprint density at radius 3 is 2.72 bits per heavy atom. The van der Waals surface area contributed by atoms with Crippen LogP contribution in [0.2, 0.25) is 0 Å². The van der Waals surface area contributed by atoms with Gasteiger partial charge in [-0.15, -0.1) is 0 Å². The smallest absolute Gasteiger partial charge is 0.232 e. The zero-order chi connectivity index (χ0) is 22.5. The predicted molar refractivity (Wildman–Crippen MR) is 125 cm³/mol. The normalized spacial score (nSPS) is 16.2. The number of para-hydroxylation sites is 1. The van der Waals surface area contributed by atoms with E-state index in [4.69, 9.17) is 15.2 Å². The van der Waals surface area contributed by atoms with E-state index in [0.717, 1.165) is 48.6 Å². The first-order valence-electron chi connectivity index (χ1n) is 10.9. The van der Waals surface area contributed by atoms with Gasteiger partial charge in [-0.1, -0.05) is 25.1 Å². The number of aromatic nitrogens is 3. The predicted octanol–water partition coefficient (Wildman–Crippen LogP) is 4.11. The van der Waals surface area contributed by atoms with E-state index in [1.807, 2.05) is 30.3 Å². The van der Waals surface area contributed by atoms with Gasteiger partial charge in [-0.25, -0.2) is 0 Å². The van der Waals surface area contributed by atoms with E-state index in [-0.39, 0.29) is 12.0 Å². The zero-order valence-corrected chi connectivity index (χ0v) is 18.8. The molecule has 3 N–H and O–H groups in total. The van der Waals surface area contributed by atoms with Crippen LogP contribution in [0.15, 0.2) is 42.5 Å². The number of aryl methyl sites for hydroxylation is 1. The van der Waals surface area contributed by atoms with Crippen LogP contribution >= 0.6 is 0 Å². The molecule has 1 saturated heterocycles. The van der Waals surface area contributed by atoms with Crippen molar-refractivity contribution in [1.82, 2.24) is 19.9 Å². The number of nitrogens with two attached hydrogens (primary N) is 1. The molecule has 4 rings (SSSR count). The molecule has 168 valence electrons. The monoisotopic (exact) mass is 434 g/mol. The summed E-state index contributed by atoms with van der Waals surface area (Å²) in [5, 5.41) is 3.31.